The number of amides is 3. The molecule has 37 nitrogen and oxygen atoms in total. The maximum Gasteiger partial charge on any atom is 0.217 e. The van der Waals surface area contributed by atoms with E-state index in [0.29, 0.717) is 0 Å². The summed E-state index contributed by atoms with van der Waals surface area (Å²) in [5.41, 5.74) is 0. The normalized spacial score (nSPS) is 45.9. The standard InChI is InChI=1S/C48H83N3O34/c1-12-25(61)32(68)36(72)45(75-12)84-41-34(70)28(64)19(7-53)78-47(41)82-39-22(10-56)80-43(23(31(39)67)50-15(4)58)74-11-18(60)27(63)38(17(6-52)49-14(3)57)81-44-24(51-16(5)59)40(30(66)21(9-55)77-44)83-48-42(35(71)29(65)20(8-54)79-48)85-46-37(73)33(69)26(62)13(2)76-46/h12-13,17-48,52-56,60-73H,6-11H2,1-5H3,(H,49,57)(H,50,58)(H,51,59)/t12-,13-,17-,18+,19+,20+,21+,22+,23+,24+,25+,26+,27-,28-,29-,30+,31+,32+,33+,34-,35-,36-,37-,38+,39+,40+,41+,42+,43+,44-,45-,46-,47-,48-/m0/s1. The Balaban J connectivity index is 1.25. The average molecular weight is 1250 g/mol. The summed E-state index contributed by atoms with van der Waals surface area (Å²) in [5, 5.41) is 213. The first-order chi connectivity index (χ1) is 40.0. The molecule has 22 N–H and O–H groups in total. The first-order valence-corrected chi connectivity index (χ1v) is 27.2. The maximum atomic E-state index is 12.9. The molecule has 0 radical (unpaired) electrons. The van der Waals surface area contributed by atoms with Gasteiger partial charge < -0.3 is 170 Å². The van der Waals surface area contributed by atoms with Crippen molar-refractivity contribution in [1.29, 1.82) is 0 Å². The summed E-state index contributed by atoms with van der Waals surface area (Å²) in [7, 11) is 0. The fourth-order valence-corrected chi connectivity index (χ4v) is 10.6. The zero-order valence-corrected chi connectivity index (χ0v) is 46.5. The van der Waals surface area contributed by atoms with Crippen molar-refractivity contribution in [2.75, 3.05) is 39.6 Å². The quantitative estimate of drug-likeness (QED) is 0.0427. The van der Waals surface area contributed by atoms with Gasteiger partial charge in [-0.1, -0.05) is 0 Å². The van der Waals surface area contributed by atoms with Crippen LogP contribution >= 0.6 is 0 Å². The van der Waals surface area contributed by atoms with E-state index in [-0.39, 0.29) is 0 Å². The summed E-state index contributed by atoms with van der Waals surface area (Å²) in [4.78, 5) is 38.1. The molecule has 0 aromatic heterocycles. The van der Waals surface area contributed by atoms with Gasteiger partial charge in [-0.05, 0) is 13.8 Å². The lowest BCUT2D eigenvalue weighted by Gasteiger charge is -2.50. The van der Waals surface area contributed by atoms with Crippen LogP contribution in [-0.4, -0.2) is 363 Å². The lowest BCUT2D eigenvalue weighted by atomic mass is 9.94. The van der Waals surface area contributed by atoms with Crippen LogP contribution in [0.5, 0.6) is 0 Å². The third-order valence-electron chi connectivity index (χ3n) is 15.3. The predicted octanol–water partition coefficient (Wildman–Crippen LogP) is -14.2. The molecule has 6 saturated heterocycles. The van der Waals surface area contributed by atoms with Gasteiger partial charge in [0.1, 0.15) is 152 Å². The first-order valence-electron chi connectivity index (χ1n) is 27.2. The van der Waals surface area contributed by atoms with E-state index in [1.54, 1.807) is 0 Å². The molecule has 0 saturated carbocycles. The van der Waals surface area contributed by atoms with Crippen LogP contribution in [0.1, 0.15) is 34.6 Å². The van der Waals surface area contributed by atoms with Crippen LogP contribution in [0, 0.1) is 0 Å². The second kappa shape index (κ2) is 31.3. The highest BCUT2D eigenvalue weighted by Gasteiger charge is 2.58. The summed E-state index contributed by atoms with van der Waals surface area (Å²) in [6.45, 7) is -0.671. The van der Waals surface area contributed by atoms with Crippen molar-refractivity contribution in [2.45, 2.75) is 243 Å². The molecule has 34 atom stereocenters. The van der Waals surface area contributed by atoms with Gasteiger partial charge in [-0.15, -0.1) is 0 Å². The smallest absolute Gasteiger partial charge is 0.217 e. The second-order valence-electron chi connectivity index (χ2n) is 21.5. The highest BCUT2D eigenvalue weighted by Crippen LogP contribution is 2.37. The zero-order chi connectivity index (χ0) is 63.2. The molecule has 6 aliphatic rings. The summed E-state index contributed by atoms with van der Waals surface area (Å²) >= 11 is 0. The number of aliphatic hydroxyl groups excluding tert-OH is 19. The zero-order valence-electron chi connectivity index (χ0n) is 46.5. The molecule has 6 rings (SSSR count). The fourth-order valence-electron chi connectivity index (χ4n) is 10.6. The lowest BCUT2D eigenvalue weighted by Crippen LogP contribution is -2.70. The van der Waals surface area contributed by atoms with Gasteiger partial charge in [0, 0.05) is 20.8 Å². The molecule has 37 heteroatoms. The predicted molar refractivity (Wildman–Crippen MR) is 266 cm³/mol. The van der Waals surface area contributed by atoms with Gasteiger partial charge in [0.2, 0.25) is 17.7 Å². The number of hydrogen-bond acceptors (Lipinski definition) is 34. The number of rotatable bonds is 24. The van der Waals surface area contributed by atoms with E-state index < -0.39 is 266 Å². The van der Waals surface area contributed by atoms with E-state index in [0.717, 1.165) is 20.8 Å². The van der Waals surface area contributed by atoms with Crippen molar-refractivity contribution in [2.24, 2.45) is 0 Å². The van der Waals surface area contributed by atoms with E-state index >= 15 is 0 Å². The van der Waals surface area contributed by atoms with E-state index in [2.05, 4.69) is 16.0 Å². The van der Waals surface area contributed by atoms with Gasteiger partial charge >= 0.3 is 0 Å². The minimum Gasteiger partial charge on any atom is -0.394 e. The molecule has 0 aromatic carbocycles. The first kappa shape index (κ1) is 71.2. The molecular weight excluding hydrogens is 1160 g/mol. The summed E-state index contributed by atoms with van der Waals surface area (Å²) < 4.78 is 69.7. The number of ether oxygens (including phenoxy) is 12. The van der Waals surface area contributed by atoms with E-state index in [9.17, 15) is 111 Å². The SMILES string of the molecule is CC(=O)N[C@H]1[C@H](OC[C@@H](O)[C@H](O)[C@H](O[C@@H]2O[C@H](CO)[C@@H](O)[C@H](O[C@@H]3O[C@H](CO)[C@H](O)[C@H](O)[C@H]3O[C@@H]3O[C@@H](C)[C@@H](O)[C@@H](O)[C@@H]3O)[C@H]2NC(C)=O)[C@H](CO)NC(C)=O)O[C@H](CO)[C@@H](O[C@@H]2O[C@H](CO)[C@H](O)[C@H](O)[C@H]2O[C@@H]2O[C@@H](C)[C@@H](O)[C@@H](O)[C@@H]2O)[C@@H]1O. The van der Waals surface area contributed by atoms with Crippen LogP contribution < -0.4 is 16.0 Å². The molecule has 3 amide bonds. The molecule has 494 valence electrons. The van der Waals surface area contributed by atoms with Crippen molar-refractivity contribution in [3.05, 3.63) is 0 Å². The van der Waals surface area contributed by atoms with Crippen LogP contribution in [-0.2, 0) is 71.2 Å². The van der Waals surface area contributed by atoms with Crippen molar-refractivity contribution >= 4 is 17.7 Å². The second-order valence-corrected chi connectivity index (χ2v) is 21.5. The Kier molecular flexibility index (Phi) is 26.2. The molecule has 0 spiro atoms. The van der Waals surface area contributed by atoms with Crippen molar-refractivity contribution < 1.29 is 168 Å². The van der Waals surface area contributed by atoms with Gasteiger partial charge in [0.25, 0.3) is 0 Å². The molecular formula is C48H83N3O34. The number of hydrogen-bond donors (Lipinski definition) is 22. The Hall–Kier alpha value is -2.83. The minimum atomic E-state index is -2.37. The molecule has 0 bridgehead atoms. The van der Waals surface area contributed by atoms with Crippen LogP contribution in [0.25, 0.3) is 0 Å². The Labute approximate surface area is 483 Å². The van der Waals surface area contributed by atoms with Crippen molar-refractivity contribution in [3.63, 3.8) is 0 Å². The van der Waals surface area contributed by atoms with Gasteiger partial charge in [-0.25, -0.2) is 0 Å². The summed E-state index contributed by atoms with van der Waals surface area (Å²) in [6, 6.07) is -5.37. The fraction of sp³-hybridized carbons (Fsp3) is 0.938. The van der Waals surface area contributed by atoms with Crippen LogP contribution in [0.15, 0.2) is 0 Å². The number of carbonyl (C=O) groups excluding carboxylic acids is 3. The lowest BCUT2D eigenvalue weighted by molar-refractivity contribution is -0.383. The van der Waals surface area contributed by atoms with E-state index in [1.165, 1.54) is 13.8 Å². The number of nitrogens with one attached hydrogen (secondary N) is 3. The van der Waals surface area contributed by atoms with Crippen molar-refractivity contribution in [1.82, 2.24) is 16.0 Å². The Bertz CT molecular complexity index is 2100. The van der Waals surface area contributed by atoms with Gasteiger partial charge in [-0.2, -0.15) is 0 Å². The molecule has 0 aromatic rings. The van der Waals surface area contributed by atoms with Gasteiger partial charge in [0.05, 0.1) is 57.9 Å². The molecule has 85 heavy (non-hydrogen) atoms. The monoisotopic (exact) mass is 1250 g/mol. The molecule has 0 aliphatic carbocycles. The largest absolute Gasteiger partial charge is 0.394 e. The highest BCUT2D eigenvalue weighted by molar-refractivity contribution is 5.74. The number of carbonyl (C=O) groups is 3. The van der Waals surface area contributed by atoms with Gasteiger partial charge in [0.15, 0.2) is 37.7 Å². The third-order valence-corrected chi connectivity index (χ3v) is 15.3. The van der Waals surface area contributed by atoms with Crippen LogP contribution in [0.4, 0.5) is 0 Å². The third kappa shape index (κ3) is 16.4. The Morgan fingerprint density at radius 3 is 1.27 bits per heavy atom. The summed E-state index contributed by atoms with van der Waals surface area (Å²) in [6.07, 6.45) is -58.4. The molecule has 6 fully saturated rings. The van der Waals surface area contributed by atoms with Crippen molar-refractivity contribution in [3.8, 4) is 0 Å². The van der Waals surface area contributed by atoms with Gasteiger partial charge in [-0.3, -0.25) is 14.4 Å². The topological polar surface area (TPSA) is 582 Å². The Morgan fingerprint density at radius 1 is 0.424 bits per heavy atom. The summed E-state index contributed by atoms with van der Waals surface area (Å²) in [5.74, 6) is -2.63. The molecule has 0 unspecified atom stereocenters. The molecule has 6 heterocycles. The Morgan fingerprint density at radius 2 is 0.835 bits per heavy atom. The van der Waals surface area contributed by atoms with E-state index in [4.69, 9.17) is 56.8 Å². The highest BCUT2D eigenvalue weighted by atomic mass is 16.8. The molecule has 6 aliphatic heterocycles. The van der Waals surface area contributed by atoms with Crippen LogP contribution in [0.2, 0.25) is 0 Å². The maximum absolute atomic E-state index is 12.9. The number of aliphatic hydroxyl groups is 19. The van der Waals surface area contributed by atoms with E-state index in [1.807, 2.05) is 0 Å². The minimum absolute atomic E-state index is 0.855. The van der Waals surface area contributed by atoms with Crippen LogP contribution in [0.3, 0.4) is 0 Å². The average Bonchev–Trinajstić information content (AvgIpc) is 3.18.